The minimum Gasteiger partial charge on any atom is -0.496 e. The molecule has 0 aliphatic carbocycles. The number of hydrogen-bond donors (Lipinski definition) is 2. The molecule has 0 fully saturated rings. The number of nitrogens with one attached hydrogen (secondary N) is 2. The first-order valence-corrected chi connectivity index (χ1v) is 9.23. The number of pyridine rings is 1. The molecule has 2 amide bonds. The molecule has 0 saturated heterocycles. The van der Waals surface area contributed by atoms with Crippen molar-refractivity contribution < 1.29 is 14.3 Å². The number of hydrogen-bond acceptors (Lipinski definition) is 4. The Hall–Kier alpha value is -3.32. The third-order valence-electron chi connectivity index (χ3n) is 4.51. The van der Waals surface area contributed by atoms with Gasteiger partial charge in [-0.15, -0.1) is 0 Å². The van der Waals surface area contributed by atoms with Crippen LogP contribution in [0, 0.1) is 0 Å². The van der Waals surface area contributed by atoms with E-state index in [1.165, 1.54) is 18.2 Å². The number of carbonyl (C=O) groups excluding carboxylic acids is 2. The molecule has 1 heterocycles. The number of aromatic amines is 1. The highest BCUT2D eigenvalue weighted by molar-refractivity contribution is 6.30. The number of aromatic nitrogens is 1. The third kappa shape index (κ3) is 4.57. The molecule has 1 aromatic heterocycles. The van der Waals surface area contributed by atoms with E-state index < -0.39 is 5.91 Å². The van der Waals surface area contributed by atoms with Crippen LogP contribution in [0.5, 0.6) is 5.75 Å². The molecule has 0 aliphatic heterocycles. The van der Waals surface area contributed by atoms with Crippen molar-refractivity contribution in [3.63, 3.8) is 0 Å². The number of amides is 2. The van der Waals surface area contributed by atoms with Crippen LogP contribution in [-0.4, -0.2) is 42.4 Å². The van der Waals surface area contributed by atoms with Gasteiger partial charge >= 0.3 is 0 Å². The maximum atomic E-state index is 12.5. The molecule has 150 valence electrons. The first-order valence-electron chi connectivity index (χ1n) is 8.85. The molecular weight excluding hydrogens is 394 g/mol. The number of benzene rings is 2. The lowest BCUT2D eigenvalue weighted by Crippen LogP contribution is -2.39. The Bertz CT molecular complexity index is 1130. The van der Waals surface area contributed by atoms with Gasteiger partial charge in [0.2, 0.25) is 11.3 Å². The van der Waals surface area contributed by atoms with Gasteiger partial charge in [0, 0.05) is 41.3 Å². The molecule has 0 radical (unpaired) electrons. The first kappa shape index (κ1) is 20.4. The lowest BCUT2D eigenvalue weighted by Gasteiger charge is -2.19. The van der Waals surface area contributed by atoms with Crippen LogP contribution in [0.1, 0.15) is 15.9 Å². The monoisotopic (exact) mass is 413 g/mol. The molecule has 0 atom stereocenters. The second-order valence-corrected chi connectivity index (χ2v) is 6.90. The van der Waals surface area contributed by atoms with E-state index in [0.717, 1.165) is 5.56 Å². The number of methoxy groups -OCH3 is 1. The van der Waals surface area contributed by atoms with Gasteiger partial charge in [0.15, 0.2) is 0 Å². The highest BCUT2D eigenvalue weighted by Crippen LogP contribution is 2.23. The number of halogens is 1. The maximum Gasteiger partial charge on any atom is 0.257 e. The van der Waals surface area contributed by atoms with Crippen LogP contribution in [0.2, 0.25) is 5.02 Å². The Balaban J connectivity index is 1.66. The SMILES string of the molecule is COc1ccc(Cl)cc1CN(C)C(=O)CNC(=O)c1c[nH]c2ccccc2c1=O. The Morgan fingerprint density at radius 1 is 1.21 bits per heavy atom. The number of H-pyrrole nitrogens is 1. The number of likely N-dealkylation sites (N-methyl/N-ethyl adjacent to an activating group) is 1. The number of rotatable bonds is 6. The van der Waals surface area contributed by atoms with Crippen LogP contribution >= 0.6 is 11.6 Å². The zero-order valence-corrected chi connectivity index (χ0v) is 16.7. The molecule has 0 aliphatic rings. The van der Waals surface area contributed by atoms with Gasteiger partial charge in [0.1, 0.15) is 11.3 Å². The molecule has 29 heavy (non-hydrogen) atoms. The molecule has 8 heteroatoms. The molecule has 0 saturated carbocycles. The van der Waals surface area contributed by atoms with E-state index in [-0.39, 0.29) is 30.0 Å². The smallest absolute Gasteiger partial charge is 0.257 e. The van der Waals surface area contributed by atoms with Gasteiger partial charge in [-0.2, -0.15) is 0 Å². The fourth-order valence-electron chi connectivity index (χ4n) is 2.94. The van der Waals surface area contributed by atoms with Crippen LogP contribution in [0.25, 0.3) is 10.9 Å². The van der Waals surface area contributed by atoms with Gasteiger partial charge in [-0.05, 0) is 30.3 Å². The molecule has 0 unspecified atom stereocenters. The Morgan fingerprint density at radius 2 is 1.97 bits per heavy atom. The van der Waals surface area contributed by atoms with Crippen LogP contribution in [0.3, 0.4) is 0 Å². The molecule has 0 bridgehead atoms. The molecule has 0 spiro atoms. The predicted octanol–water partition coefficient (Wildman–Crippen LogP) is 2.58. The minimum atomic E-state index is -0.612. The first-order chi connectivity index (χ1) is 13.9. The number of para-hydroxylation sites is 1. The minimum absolute atomic E-state index is 0.0457. The van der Waals surface area contributed by atoms with Gasteiger partial charge in [0.25, 0.3) is 5.91 Å². The predicted molar refractivity (Wildman–Crippen MR) is 111 cm³/mol. The average molecular weight is 414 g/mol. The summed E-state index contributed by atoms with van der Waals surface area (Å²) in [4.78, 5) is 41.7. The van der Waals surface area contributed by atoms with Crippen LogP contribution in [0.4, 0.5) is 0 Å². The fraction of sp³-hybridized carbons (Fsp3) is 0.190. The lowest BCUT2D eigenvalue weighted by atomic mass is 10.1. The molecule has 3 rings (SSSR count). The van der Waals surface area contributed by atoms with E-state index in [1.54, 1.807) is 49.5 Å². The van der Waals surface area contributed by atoms with E-state index in [1.807, 2.05) is 0 Å². The summed E-state index contributed by atoms with van der Waals surface area (Å²) in [5.74, 6) is -0.322. The average Bonchev–Trinajstić information content (AvgIpc) is 2.72. The standard InChI is InChI=1S/C21H20ClN3O4/c1-25(12-13-9-14(22)7-8-18(13)29-2)19(26)11-24-21(28)16-10-23-17-6-4-3-5-15(17)20(16)27/h3-10H,11-12H2,1-2H3,(H,23,27)(H,24,28). The maximum absolute atomic E-state index is 12.5. The molecule has 3 aromatic rings. The zero-order valence-electron chi connectivity index (χ0n) is 16.0. The van der Waals surface area contributed by atoms with Crippen molar-refractivity contribution in [3.05, 3.63) is 75.0 Å². The van der Waals surface area contributed by atoms with Gasteiger partial charge in [-0.1, -0.05) is 23.7 Å². The van der Waals surface area contributed by atoms with Crippen molar-refractivity contribution >= 4 is 34.3 Å². The van der Waals surface area contributed by atoms with Crippen molar-refractivity contribution in [2.45, 2.75) is 6.54 Å². The van der Waals surface area contributed by atoms with E-state index in [9.17, 15) is 14.4 Å². The summed E-state index contributed by atoms with van der Waals surface area (Å²) in [7, 11) is 3.15. The summed E-state index contributed by atoms with van der Waals surface area (Å²) in [6, 6.07) is 12.1. The van der Waals surface area contributed by atoms with E-state index >= 15 is 0 Å². The molecule has 7 nitrogen and oxygen atoms in total. The lowest BCUT2D eigenvalue weighted by molar-refractivity contribution is -0.129. The number of nitrogens with zero attached hydrogens (tertiary/aromatic N) is 1. The Morgan fingerprint density at radius 3 is 2.72 bits per heavy atom. The highest BCUT2D eigenvalue weighted by Gasteiger charge is 2.16. The quantitative estimate of drug-likeness (QED) is 0.649. The van der Waals surface area contributed by atoms with E-state index in [0.29, 0.717) is 21.7 Å². The third-order valence-corrected chi connectivity index (χ3v) is 4.74. The van der Waals surface area contributed by atoms with Crippen LogP contribution in [0.15, 0.2) is 53.5 Å². The van der Waals surface area contributed by atoms with Gasteiger partial charge in [0.05, 0.1) is 13.7 Å². The summed E-state index contributed by atoms with van der Waals surface area (Å²) in [6.07, 6.45) is 1.35. The van der Waals surface area contributed by atoms with Gasteiger partial charge in [-0.3, -0.25) is 14.4 Å². The Labute approximate surface area is 172 Å². The van der Waals surface area contributed by atoms with Crippen molar-refractivity contribution in [2.24, 2.45) is 0 Å². The number of ether oxygens (including phenoxy) is 1. The number of fused-ring (bicyclic) bond motifs is 1. The second-order valence-electron chi connectivity index (χ2n) is 6.47. The van der Waals surface area contributed by atoms with Crippen molar-refractivity contribution in [3.8, 4) is 5.75 Å². The van der Waals surface area contributed by atoms with Gasteiger partial charge < -0.3 is 19.9 Å². The summed E-state index contributed by atoms with van der Waals surface area (Å²) < 4.78 is 5.28. The Kier molecular flexibility index (Phi) is 6.19. The fourth-order valence-corrected chi connectivity index (χ4v) is 3.13. The normalized spacial score (nSPS) is 10.6. The summed E-state index contributed by atoms with van der Waals surface area (Å²) in [6.45, 7) is 0.0134. The molecule has 2 aromatic carbocycles. The molecular formula is C21H20ClN3O4. The van der Waals surface area contributed by atoms with Crippen LogP contribution < -0.4 is 15.5 Å². The topological polar surface area (TPSA) is 91.5 Å². The highest BCUT2D eigenvalue weighted by atomic mass is 35.5. The van der Waals surface area contributed by atoms with Crippen LogP contribution in [-0.2, 0) is 11.3 Å². The molecule has 2 N–H and O–H groups in total. The second kappa shape index (κ2) is 8.79. The summed E-state index contributed by atoms with van der Waals surface area (Å²) >= 11 is 6.02. The zero-order chi connectivity index (χ0) is 21.0. The van der Waals surface area contributed by atoms with Crippen molar-refractivity contribution in [1.82, 2.24) is 15.2 Å². The number of carbonyl (C=O) groups is 2. The summed E-state index contributed by atoms with van der Waals surface area (Å²) in [5.41, 5.74) is 0.949. The van der Waals surface area contributed by atoms with Gasteiger partial charge in [-0.25, -0.2) is 0 Å². The van der Waals surface area contributed by atoms with Crippen molar-refractivity contribution in [1.29, 1.82) is 0 Å². The van der Waals surface area contributed by atoms with Crippen molar-refractivity contribution in [2.75, 3.05) is 20.7 Å². The largest absolute Gasteiger partial charge is 0.496 e. The van der Waals surface area contributed by atoms with E-state index in [4.69, 9.17) is 16.3 Å². The van der Waals surface area contributed by atoms with E-state index in [2.05, 4.69) is 10.3 Å². The summed E-state index contributed by atoms with van der Waals surface area (Å²) in [5, 5.41) is 3.45.